The molecule has 0 aliphatic rings. The molecule has 0 saturated carbocycles. The summed E-state index contributed by atoms with van der Waals surface area (Å²) >= 11 is 0. The predicted octanol–water partition coefficient (Wildman–Crippen LogP) is 4.61. The van der Waals surface area contributed by atoms with Crippen LogP contribution >= 0.6 is 0 Å². The largest absolute Gasteiger partial charge is 0.207 e. The first-order chi connectivity index (χ1) is 6.82. The summed E-state index contributed by atoms with van der Waals surface area (Å²) in [5.74, 6) is 0.878. The van der Waals surface area contributed by atoms with Crippen LogP contribution < -0.4 is 0 Å². The molecule has 1 heteroatoms. The topological polar surface area (TPSA) is 0 Å². The van der Waals surface area contributed by atoms with Gasteiger partial charge in [0.05, 0.1) is 0 Å². The van der Waals surface area contributed by atoms with E-state index in [0.717, 1.165) is 0 Å². The van der Waals surface area contributed by atoms with Crippen LogP contribution in [0.4, 0.5) is 4.39 Å². The lowest BCUT2D eigenvalue weighted by molar-refractivity contribution is 0.258. The summed E-state index contributed by atoms with van der Waals surface area (Å²) in [5, 5.41) is 0. The molecule has 0 heterocycles. The first-order valence-electron chi connectivity index (χ1n) is 5.58. The normalized spacial score (nSPS) is 14.3. The fourth-order valence-electron chi connectivity index (χ4n) is 2.56. The van der Waals surface area contributed by atoms with Gasteiger partial charge in [0.25, 0.3) is 0 Å². The fourth-order valence-corrected chi connectivity index (χ4v) is 2.56. The zero-order chi connectivity index (χ0) is 11.6. The molecule has 1 atom stereocenters. The number of halogens is 1. The van der Waals surface area contributed by atoms with Crippen LogP contribution in [0.2, 0.25) is 0 Å². The Labute approximate surface area is 92.5 Å². The van der Waals surface area contributed by atoms with Gasteiger partial charge in [-0.3, -0.25) is 0 Å². The van der Waals surface area contributed by atoms with Crippen LogP contribution in [0, 0.1) is 17.2 Å². The molecule has 0 aliphatic heterocycles. The molecule has 84 valence electrons. The second-order valence-corrected chi connectivity index (χ2v) is 5.64. The van der Waals surface area contributed by atoms with Crippen LogP contribution in [0.15, 0.2) is 24.3 Å². The number of hydrogen-bond donors (Lipinski definition) is 0. The van der Waals surface area contributed by atoms with Crippen LogP contribution in [0.1, 0.15) is 46.1 Å². The Morgan fingerprint density at radius 3 is 1.80 bits per heavy atom. The summed E-state index contributed by atoms with van der Waals surface area (Å²) in [6.07, 6.45) is 0. The Hall–Kier alpha value is -0.850. The van der Waals surface area contributed by atoms with E-state index in [1.54, 1.807) is 12.1 Å². The molecule has 0 radical (unpaired) electrons. The summed E-state index contributed by atoms with van der Waals surface area (Å²) < 4.78 is 12.8. The van der Waals surface area contributed by atoms with Crippen LogP contribution in [0.5, 0.6) is 0 Å². The Bertz CT molecular complexity index is 303. The second-order valence-electron chi connectivity index (χ2n) is 5.64. The Kier molecular flexibility index (Phi) is 3.54. The molecule has 1 unspecified atom stereocenters. The van der Waals surface area contributed by atoms with Gasteiger partial charge in [-0.1, -0.05) is 46.8 Å². The van der Waals surface area contributed by atoms with Crippen molar-refractivity contribution in [3.63, 3.8) is 0 Å². The van der Waals surface area contributed by atoms with E-state index in [1.165, 1.54) is 5.56 Å². The molecule has 0 spiro atoms. The first kappa shape index (κ1) is 12.2. The molecule has 1 rings (SSSR count). The van der Waals surface area contributed by atoms with Crippen molar-refractivity contribution in [3.8, 4) is 0 Å². The van der Waals surface area contributed by atoms with Crippen LogP contribution in [0.25, 0.3) is 0 Å². The van der Waals surface area contributed by atoms with Gasteiger partial charge < -0.3 is 0 Å². The lowest BCUT2D eigenvalue weighted by Crippen LogP contribution is -2.23. The number of benzene rings is 1. The molecule has 0 aliphatic carbocycles. The minimum absolute atomic E-state index is 0.157. The highest BCUT2D eigenvalue weighted by atomic mass is 19.1. The van der Waals surface area contributed by atoms with E-state index in [1.807, 2.05) is 12.1 Å². The third-order valence-electron chi connectivity index (χ3n) is 2.83. The van der Waals surface area contributed by atoms with Gasteiger partial charge in [0.1, 0.15) is 5.82 Å². The second kappa shape index (κ2) is 4.34. The summed E-state index contributed by atoms with van der Waals surface area (Å²) in [7, 11) is 0. The first-order valence-corrected chi connectivity index (χ1v) is 5.58. The minimum atomic E-state index is -0.157. The summed E-state index contributed by atoms with van der Waals surface area (Å²) in [6, 6.07) is 6.92. The SMILES string of the molecule is CC(C)C(c1ccc(F)cc1)C(C)(C)C. The minimum Gasteiger partial charge on any atom is -0.207 e. The molecule has 1 aromatic carbocycles. The highest BCUT2D eigenvalue weighted by Gasteiger charge is 2.28. The Morgan fingerprint density at radius 2 is 1.47 bits per heavy atom. The predicted molar refractivity (Wildman–Crippen MR) is 63.4 cm³/mol. The Balaban J connectivity index is 3.05. The van der Waals surface area contributed by atoms with Crippen LogP contribution in [-0.4, -0.2) is 0 Å². The van der Waals surface area contributed by atoms with Crippen molar-refractivity contribution in [2.45, 2.75) is 40.5 Å². The van der Waals surface area contributed by atoms with Crippen molar-refractivity contribution in [1.29, 1.82) is 0 Å². The van der Waals surface area contributed by atoms with Gasteiger partial charge in [0, 0.05) is 0 Å². The molecule has 0 bridgehead atoms. The molecule has 0 amide bonds. The highest BCUT2D eigenvalue weighted by Crippen LogP contribution is 2.40. The van der Waals surface area contributed by atoms with Gasteiger partial charge in [-0.15, -0.1) is 0 Å². The summed E-state index contributed by atoms with van der Waals surface area (Å²) in [5.41, 5.74) is 1.45. The van der Waals surface area contributed by atoms with E-state index >= 15 is 0 Å². The van der Waals surface area contributed by atoms with E-state index in [2.05, 4.69) is 34.6 Å². The van der Waals surface area contributed by atoms with Crippen molar-refractivity contribution in [1.82, 2.24) is 0 Å². The zero-order valence-electron chi connectivity index (χ0n) is 10.3. The van der Waals surface area contributed by atoms with Gasteiger partial charge in [-0.2, -0.15) is 0 Å². The standard InChI is InChI=1S/C14H21F/c1-10(2)13(14(3,4)5)11-6-8-12(15)9-7-11/h6-10,13H,1-5H3. The maximum atomic E-state index is 12.8. The van der Waals surface area contributed by atoms with Crippen molar-refractivity contribution in [2.24, 2.45) is 11.3 Å². The molecule has 0 saturated heterocycles. The molecular weight excluding hydrogens is 187 g/mol. The van der Waals surface area contributed by atoms with Crippen molar-refractivity contribution in [2.75, 3.05) is 0 Å². The van der Waals surface area contributed by atoms with Gasteiger partial charge in [0.15, 0.2) is 0 Å². The van der Waals surface area contributed by atoms with E-state index < -0.39 is 0 Å². The molecular formula is C14H21F. The van der Waals surface area contributed by atoms with E-state index in [-0.39, 0.29) is 11.2 Å². The van der Waals surface area contributed by atoms with Crippen LogP contribution in [-0.2, 0) is 0 Å². The molecule has 1 aromatic rings. The molecule has 0 fully saturated rings. The smallest absolute Gasteiger partial charge is 0.123 e. The van der Waals surface area contributed by atoms with Crippen molar-refractivity contribution < 1.29 is 4.39 Å². The number of rotatable bonds is 2. The van der Waals surface area contributed by atoms with Gasteiger partial charge in [-0.05, 0) is 34.9 Å². The maximum Gasteiger partial charge on any atom is 0.123 e. The van der Waals surface area contributed by atoms with E-state index in [9.17, 15) is 4.39 Å². The average Bonchev–Trinajstić information content (AvgIpc) is 2.05. The highest BCUT2D eigenvalue weighted by molar-refractivity contribution is 5.22. The van der Waals surface area contributed by atoms with Crippen LogP contribution in [0.3, 0.4) is 0 Å². The lowest BCUT2D eigenvalue weighted by atomic mass is 9.71. The van der Waals surface area contributed by atoms with Gasteiger partial charge >= 0.3 is 0 Å². The van der Waals surface area contributed by atoms with Crippen molar-refractivity contribution in [3.05, 3.63) is 35.6 Å². The quantitative estimate of drug-likeness (QED) is 0.665. The number of hydrogen-bond acceptors (Lipinski definition) is 0. The van der Waals surface area contributed by atoms with Gasteiger partial charge in [-0.25, -0.2) is 4.39 Å². The molecule has 0 aromatic heterocycles. The van der Waals surface area contributed by atoms with E-state index in [0.29, 0.717) is 11.8 Å². The van der Waals surface area contributed by atoms with Gasteiger partial charge in [0.2, 0.25) is 0 Å². The molecule has 0 nitrogen and oxygen atoms in total. The lowest BCUT2D eigenvalue weighted by Gasteiger charge is -2.34. The zero-order valence-corrected chi connectivity index (χ0v) is 10.3. The van der Waals surface area contributed by atoms with E-state index in [4.69, 9.17) is 0 Å². The monoisotopic (exact) mass is 208 g/mol. The maximum absolute atomic E-state index is 12.8. The average molecular weight is 208 g/mol. The fraction of sp³-hybridized carbons (Fsp3) is 0.571. The molecule has 15 heavy (non-hydrogen) atoms. The summed E-state index contributed by atoms with van der Waals surface area (Å²) in [4.78, 5) is 0. The van der Waals surface area contributed by atoms with Crippen molar-refractivity contribution >= 4 is 0 Å². The Morgan fingerprint density at radius 1 is 1.00 bits per heavy atom. The summed E-state index contributed by atoms with van der Waals surface area (Å²) in [6.45, 7) is 11.2. The molecule has 0 N–H and O–H groups in total. The third kappa shape index (κ3) is 3.05. The third-order valence-corrected chi connectivity index (χ3v) is 2.83.